The summed E-state index contributed by atoms with van der Waals surface area (Å²) in [6, 6.07) is 0.762. The van der Waals surface area contributed by atoms with Crippen molar-refractivity contribution in [3.8, 4) is 0 Å². The Morgan fingerprint density at radius 3 is 2.60 bits per heavy atom. The van der Waals surface area contributed by atoms with E-state index in [1.54, 1.807) is 6.20 Å². The van der Waals surface area contributed by atoms with Crippen molar-refractivity contribution in [2.45, 2.75) is 46.2 Å². The van der Waals surface area contributed by atoms with Gasteiger partial charge in [0.1, 0.15) is 0 Å². The highest BCUT2D eigenvalue weighted by molar-refractivity contribution is 5.97. The largest absolute Gasteiger partial charge is 0.314 e. The Kier molecular flexibility index (Phi) is 6.88. The SMILES string of the molecule is C=NN/C=C(/C(=O)CN1[C@H](C)CNC[C@@H]1C)C(C)CC. The van der Waals surface area contributed by atoms with Crippen molar-refractivity contribution in [2.24, 2.45) is 11.0 Å². The summed E-state index contributed by atoms with van der Waals surface area (Å²) in [5, 5.41) is 6.98. The van der Waals surface area contributed by atoms with Crippen LogP contribution in [0.25, 0.3) is 0 Å². The molecule has 0 aromatic heterocycles. The average Bonchev–Trinajstić information content (AvgIpc) is 2.43. The molecule has 5 heteroatoms. The van der Waals surface area contributed by atoms with E-state index >= 15 is 0 Å². The molecule has 0 saturated carbocycles. The summed E-state index contributed by atoms with van der Waals surface area (Å²) in [6.07, 6.45) is 2.63. The summed E-state index contributed by atoms with van der Waals surface area (Å²) in [4.78, 5) is 14.9. The minimum atomic E-state index is 0.177. The number of carbonyl (C=O) groups excluding carboxylic acids is 1. The number of hydrogen-bond acceptors (Lipinski definition) is 5. The summed E-state index contributed by atoms with van der Waals surface area (Å²) in [6.45, 7) is 14.2. The summed E-state index contributed by atoms with van der Waals surface area (Å²) < 4.78 is 0. The van der Waals surface area contributed by atoms with E-state index in [9.17, 15) is 4.79 Å². The molecule has 0 aliphatic carbocycles. The topological polar surface area (TPSA) is 56.7 Å². The fourth-order valence-corrected chi connectivity index (χ4v) is 2.57. The first kappa shape index (κ1) is 16.9. The van der Waals surface area contributed by atoms with Gasteiger partial charge in [0.15, 0.2) is 5.78 Å². The van der Waals surface area contributed by atoms with Crippen LogP contribution >= 0.6 is 0 Å². The van der Waals surface area contributed by atoms with Crippen LogP contribution in [0.5, 0.6) is 0 Å². The summed E-state index contributed by atoms with van der Waals surface area (Å²) in [7, 11) is 0. The third-order valence-corrected chi connectivity index (χ3v) is 4.11. The molecule has 1 heterocycles. The highest BCUT2D eigenvalue weighted by Crippen LogP contribution is 2.17. The minimum absolute atomic E-state index is 0.177. The van der Waals surface area contributed by atoms with Gasteiger partial charge in [-0.25, -0.2) is 0 Å². The van der Waals surface area contributed by atoms with Gasteiger partial charge in [-0.15, -0.1) is 0 Å². The van der Waals surface area contributed by atoms with Crippen LogP contribution in [0.15, 0.2) is 16.9 Å². The number of nitrogens with one attached hydrogen (secondary N) is 2. The molecular formula is C15H28N4O. The summed E-state index contributed by atoms with van der Waals surface area (Å²) in [5.41, 5.74) is 3.51. The number of rotatable bonds is 7. The number of hydrogen-bond donors (Lipinski definition) is 2. The summed E-state index contributed by atoms with van der Waals surface area (Å²) in [5.74, 6) is 0.404. The Labute approximate surface area is 122 Å². The van der Waals surface area contributed by atoms with Gasteiger partial charge in [0.2, 0.25) is 0 Å². The van der Waals surface area contributed by atoms with E-state index in [-0.39, 0.29) is 11.7 Å². The van der Waals surface area contributed by atoms with Gasteiger partial charge in [-0.2, -0.15) is 5.10 Å². The lowest BCUT2D eigenvalue weighted by Crippen LogP contribution is -2.56. The minimum Gasteiger partial charge on any atom is -0.314 e. The Morgan fingerprint density at radius 2 is 2.10 bits per heavy atom. The zero-order valence-electron chi connectivity index (χ0n) is 13.1. The molecule has 114 valence electrons. The smallest absolute Gasteiger partial charge is 0.174 e. The second-order valence-corrected chi connectivity index (χ2v) is 5.65. The summed E-state index contributed by atoms with van der Waals surface area (Å²) >= 11 is 0. The van der Waals surface area contributed by atoms with E-state index in [2.05, 4.69) is 55.2 Å². The molecule has 1 fully saturated rings. The Bertz CT molecular complexity index is 357. The van der Waals surface area contributed by atoms with Crippen LogP contribution in [0, 0.1) is 5.92 Å². The van der Waals surface area contributed by atoms with Crippen LogP contribution in [0.1, 0.15) is 34.1 Å². The van der Waals surface area contributed by atoms with Gasteiger partial charge in [-0.1, -0.05) is 13.8 Å². The highest BCUT2D eigenvalue weighted by atomic mass is 16.1. The van der Waals surface area contributed by atoms with Crippen LogP contribution < -0.4 is 10.7 Å². The molecular weight excluding hydrogens is 252 g/mol. The number of piperazine rings is 1. The number of Topliss-reactive ketones (excluding diaryl/α,β-unsaturated/α-hetero) is 1. The first-order valence-corrected chi connectivity index (χ1v) is 7.42. The molecule has 0 aromatic rings. The molecule has 0 amide bonds. The molecule has 0 radical (unpaired) electrons. The van der Waals surface area contributed by atoms with E-state index < -0.39 is 0 Å². The second-order valence-electron chi connectivity index (χ2n) is 5.65. The zero-order chi connectivity index (χ0) is 15.1. The lowest BCUT2D eigenvalue weighted by molar-refractivity contribution is -0.118. The molecule has 20 heavy (non-hydrogen) atoms. The van der Waals surface area contributed by atoms with E-state index in [4.69, 9.17) is 0 Å². The number of carbonyl (C=O) groups is 1. The maximum Gasteiger partial charge on any atom is 0.174 e. The predicted molar refractivity (Wildman–Crippen MR) is 83.7 cm³/mol. The fraction of sp³-hybridized carbons (Fsp3) is 0.733. The zero-order valence-corrected chi connectivity index (χ0v) is 13.1. The van der Waals surface area contributed by atoms with Crippen LogP contribution in [0.3, 0.4) is 0 Å². The van der Waals surface area contributed by atoms with Crippen molar-refractivity contribution in [2.75, 3.05) is 19.6 Å². The Hall–Kier alpha value is -1.20. The van der Waals surface area contributed by atoms with Crippen molar-refractivity contribution in [1.82, 2.24) is 15.6 Å². The highest BCUT2D eigenvalue weighted by Gasteiger charge is 2.28. The number of hydrazone groups is 1. The molecule has 1 rings (SSSR count). The Morgan fingerprint density at radius 1 is 1.50 bits per heavy atom. The molecule has 5 nitrogen and oxygen atoms in total. The molecule has 1 aliphatic rings. The van der Waals surface area contributed by atoms with Gasteiger partial charge >= 0.3 is 0 Å². The number of ketones is 1. The third kappa shape index (κ3) is 4.42. The van der Waals surface area contributed by atoms with E-state index in [0.29, 0.717) is 18.6 Å². The average molecular weight is 280 g/mol. The third-order valence-electron chi connectivity index (χ3n) is 4.11. The van der Waals surface area contributed by atoms with Gasteiger partial charge in [0.25, 0.3) is 0 Å². The number of nitrogens with zero attached hydrogens (tertiary/aromatic N) is 2. The van der Waals surface area contributed by atoms with Crippen molar-refractivity contribution in [3.63, 3.8) is 0 Å². The van der Waals surface area contributed by atoms with Gasteiger partial charge < -0.3 is 5.32 Å². The fourth-order valence-electron chi connectivity index (χ4n) is 2.57. The quantitative estimate of drug-likeness (QED) is 0.420. The molecule has 3 atom stereocenters. The molecule has 0 aromatic carbocycles. The lowest BCUT2D eigenvalue weighted by Gasteiger charge is -2.39. The molecule has 1 aliphatic heterocycles. The van der Waals surface area contributed by atoms with E-state index in [0.717, 1.165) is 25.1 Å². The Balaban J connectivity index is 2.76. The maximum absolute atomic E-state index is 12.6. The van der Waals surface area contributed by atoms with Gasteiger partial charge in [0, 0.05) is 43.7 Å². The molecule has 0 spiro atoms. The maximum atomic E-state index is 12.6. The normalized spacial score (nSPS) is 26.1. The van der Waals surface area contributed by atoms with E-state index in [1.807, 2.05) is 0 Å². The van der Waals surface area contributed by atoms with Crippen molar-refractivity contribution < 1.29 is 4.79 Å². The van der Waals surface area contributed by atoms with E-state index in [1.165, 1.54) is 0 Å². The van der Waals surface area contributed by atoms with Gasteiger partial charge in [0.05, 0.1) is 6.54 Å². The van der Waals surface area contributed by atoms with Crippen molar-refractivity contribution >= 4 is 12.5 Å². The van der Waals surface area contributed by atoms with Crippen LogP contribution in [0.4, 0.5) is 0 Å². The molecule has 1 unspecified atom stereocenters. The van der Waals surface area contributed by atoms with Crippen molar-refractivity contribution in [3.05, 3.63) is 11.8 Å². The van der Waals surface area contributed by atoms with Crippen molar-refractivity contribution in [1.29, 1.82) is 0 Å². The van der Waals surface area contributed by atoms with Crippen LogP contribution in [-0.2, 0) is 4.79 Å². The molecule has 0 bridgehead atoms. The molecule has 1 saturated heterocycles. The molecule has 2 N–H and O–H groups in total. The first-order chi connectivity index (χ1) is 9.51. The van der Waals surface area contributed by atoms with Gasteiger partial charge in [-0.3, -0.25) is 15.1 Å². The van der Waals surface area contributed by atoms with Gasteiger partial charge in [-0.05, 0) is 26.2 Å². The second kappa shape index (κ2) is 8.17. The first-order valence-electron chi connectivity index (χ1n) is 7.42. The standard InChI is InChI=1S/C15H28N4O/c1-6-11(2)14(9-18-16-5)15(20)10-19-12(3)7-17-8-13(19)4/h9,11-13,17-18H,5-8,10H2,1-4H3/b14-9+/t11?,12-,13+. The van der Waals surface area contributed by atoms with Crippen LogP contribution in [-0.4, -0.2) is 49.1 Å². The van der Waals surface area contributed by atoms with Crippen LogP contribution in [0.2, 0.25) is 0 Å². The lowest BCUT2D eigenvalue weighted by atomic mass is 9.94. The monoisotopic (exact) mass is 280 g/mol. The predicted octanol–water partition coefficient (Wildman–Crippen LogP) is 1.37.